The number of rotatable bonds is 4. The van der Waals surface area contributed by atoms with Crippen LogP contribution in [-0.4, -0.2) is 20.7 Å². The van der Waals surface area contributed by atoms with Crippen LogP contribution in [0.15, 0.2) is 17.6 Å². The first-order valence-electron chi connectivity index (χ1n) is 5.88. The normalized spacial score (nSPS) is 12.4. The highest BCUT2D eigenvalue weighted by Gasteiger charge is 2.14. The summed E-state index contributed by atoms with van der Waals surface area (Å²) in [6.07, 6.45) is 2.65. The molecule has 96 valence electrons. The first-order valence-corrected chi connectivity index (χ1v) is 6.76. The third-order valence-corrected chi connectivity index (χ3v) is 3.55. The molecule has 1 atom stereocenters. The van der Waals surface area contributed by atoms with Crippen molar-refractivity contribution in [1.29, 1.82) is 0 Å². The number of thiazole rings is 1. The first kappa shape index (κ1) is 12.8. The predicted molar refractivity (Wildman–Crippen MR) is 72.0 cm³/mol. The lowest BCUT2D eigenvalue weighted by Gasteiger charge is -2.13. The van der Waals surface area contributed by atoms with Gasteiger partial charge in [-0.1, -0.05) is 6.92 Å². The van der Waals surface area contributed by atoms with Crippen LogP contribution in [0.3, 0.4) is 0 Å². The Balaban J connectivity index is 2.15. The van der Waals surface area contributed by atoms with E-state index in [1.165, 1.54) is 11.3 Å². The van der Waals surface area contributed by atoms with E-state index < -0.39 is 0 Å². The Kier molecular flexibility index (Phi) is 3.76. The number of anilines is 1. The molecule has 0 radical (unpaired) electrons. The predicted octanol–water partition coefficient (Wildman–Crippen LogP) is 2.87. The fourth-order valence-electron chi connectivity index (χ4n) is 1.59. The maximum absolute atomic E-state index is 12.0. The maximum Gasteiger partial charge on any atom is 0.276 e. The van der Waals surface area contributed by atoms with E-state index in [0.717, 1.165) is 11.4 Å². The molecular formula is C12H16N4OS. The molecule has 2 rings (SSSR count). The van der Waals surface area contributed by atoms with Gasteiger partial charge in [0.1, 0.15) is 11.5 Å². The smallest absolute Gasteiger partial charge is 0.276 e. The van der Waals surface area contributed by atoms with Crippen molar-refractivity contribution in [2.75, 3.05) is 5.32 Å². The zero-order valence-corrected chi connectivity index (χ0v) is 11.5. The van der Waals surface area contributed by atoms with Crippen LogP contribution in [0.5, 0.6) is 0 Å². The fraction of sp³-hybridized carbons (Fsp3) is 0.417. The van der Waals surface area contributed by atoms with Crippen molar-refractivity contribution >= 4 is 23.1 Å². The van der Waals surface area contributed by atoms with E-state index in [-0.39, 0.29) is 11.9 Å². The highest BCUT2D eigenvalue weighted by Crippen LogP contribution is 2.17. The molecule has 0 aliphatic rings. The van der Waals surface area contributed by atoms with E-state index in [1.807, 2.05) is 11.6 Å². The van der Waals surface area contributed by atoms with E-state index in [1.54, 1.807) is 17.6 Å². The Morgan fingerprint density at radius 2 is 2.39 bits per heavy atom. The lowest BCUT2D eigenvalue weighted by Crippen LogP contribution is -2.17. The minimum absolute atomic E-state index is 0.190. The molecule has 1 N–H and O–H groups in total. The van der Waals surface area contributed by atoms with Crippen LogP contribution in [0.2, 0.25) is 0 Å². The lowest BCUT2D eigenvalue weighted by molar-refractivity contribution is 0.102. The Bertz CT molecular complexity index is 546. The van der Waals surface area contributed by atoms with Crippen LogP contribution in [0.4, 0.5) is 5.82 Å². The Morgan fingerprint density at radius 1 is 1.61 bits per heavy atom. The van der Waals surface area contributed by atoms with Crippen LogP contribution in [0, 0.1) is 6.92 Å². The topological polar surface area (TPSA) is 59.8 Å². The summed E-state index contributed by atoms with van der Waals surface area (Å²) in [5.41, 5.74) is 0.453. The fourth-order valence-corrected chi connectivity index (χ4v) is 2.18. The molecule has 0 aromatic carbocycles. The minimum atomic E-state index is -0.190. The zero-order chi connectivity index (χ0) is 13.1. The molecule has 0 bridgehead atoms. The summed E-state index contributed by atoms with van der Waals surface area (Å²) in [4.78, 5) is 16.1. The Morgan fingerprint density at radius 3 is 3.00 bits per heavy atom. The standard InChI is InChI=1S/C12H16N4OS/c1-4-8(2)16-11(5-6-13-16)15-12(17)10-7-18-9(3)14-10/h5-8H,4H2,1-3H3,(H,15,17). The zero-order valence-electron chi connectivity index (χ0n) is 10.7. The van der Waals surface area contributed by atoms with Crippen LogP contribution in [0.25, 0.3) is 0 Å². The number of hydrogen-bond donors (Lipinski definition) is 1. The molecular weight excluding hydrogens is 248 g/mol. The summed E-state index contributed by atoms with van der Waals surface area (Å²) < 4.78 is 1.82. The summed E-state index contributed by atoms with van der Waals surface area (Å²) in [5, 5.41) is 9.71. The number of carbonyl (C=O) groups is 1. The van der Waals surface area contributed by atoms with E-state index in [2.05, 4.69) is 29.2 Å². The van der Waals surface area contributed by atoms with Crippen LogP contribution < -0.4 is 5.32 Å². The average Bonchev–Trinajstić information content (AvgIpc) is 2.97. The van der Waals surface area contributed by atoms with Gasteiger partial charge in [0.25, 0.3) is 5.91 Å². The van der Waals surface area contributed by atoms with Gasteiger partial charge in [-0.25, -0.2) is 9.67 Å². The summed E-state index contributed by atoms with van der Waals surface area (Å²) in [7, 11) is 0. The lowest BCUT2D eigenvalue weighted by atomic mass is 10.3. The van der Waals surface area contributed by atoms with E-state index in [4.69, 9.17) is 0 Å². The van der Waals surface area contributed by atoms with E-state index in [0.29, 0.717) is 11.5 Å². The number of carbonyl (C=O) groups excluding carboxylic acids is 1. The molecule has 0 saturated carbocycles. The average molecular weight is 264 g/mol. The second kappa shape index (κ2) is 5.30. The summed E-state index contributed by atoms with van der Waals surface area (Å²) in [6.45, 7) is 6.03. The molecule has 2 aromatic heterocycles. The second-order valence-electron chi connectivity index (χ2n) is 4.12. The van der Waals surface area contributed by atoms with Crippen molar-refractivity contribution in [3.8, 4) is 0 Å². The van der Waals surface area contributed by atoms with Crippen molar-refractivity contribution < 1.29 is 4.79 Å². The van der Waals surface area contributed by atoms with Crippen molar-refractivity contribution in [2.45, 2.75) is 33.2 Å². The van der Waals surface area contributed by atoms with Gasteiger partial charge in [0.15, 0.2) is 0 Å². The van der Waals surface area contributed by atoms with Gasteiger partial charge < -0.3 is 5.32 Å². The van der Waals surface area contributed by atoms with E-state index in [9.17, 15) is 4.79 Å². The number of amides is 1. The molecule has 0 aliphatic carbocycles. The number of hydrogen-bond acceptors (Lipinski definition) is 4. The molecule has 2 aromatic rings. The quantitative estimate of drug-likeness (QED) is 0.923. The maximum atomic E-state index is 12.0. The molecule has 1 unspecified atom stereocenters. The highest BCUT2D eigenvalue weighted by atomic mass is 32.1. The second-order valence-corrected chi connectivity index (χ2v) is 5.19. The highest BCUT2D eigenvalue weighted by molar-refractivity contribution is 7.09. The number of aryl methyl sites for hydroxylation is 1. The van der Waals surface area contributed by atoms with Gasteiger partial charge in [-0.3, -0.25) is 4.79 Å². The third-order valence-electron chi connectivity index (χ3n) is 2.77. The minimum Gasteiger partial charge on any atom is -0.305 e. The first-order chi connectivity index (χ1) is 8.61. The summed E-state index contributed by atoms with van der Waals surface area (Å²) in [6, 6.07) is 2.05. The van der Waals surface area contributed by atoms with Gasteiger partial charge in [0, 0.05) is 11.4 Å². The molecule has 5 nitrogen and oxygen atoms in total. The molecule has 6 heteroatoms. The summed E-state index contributed by atoms with van der Waals surface area (Å²) >= 11 is 1.47. The van der Waals surface area contributed by atoms with Crippen LogP contribution in [0.1, 0.15) is 41.8 Å². The van der Waals surface area contributed by atoms with Crippen molar-refractivity contribution in [2.24, 2.45) is 0 Å². The number of nitrogens with one attached hydrogen (secondary N) is 1. The Labute approximate surface area is 110 Å². The van der Waals surface area contributed by atoms with Crippen LogP contribution in [-0.2, 0) is 0 Å². The number of aromatic nitrogens is 3. The Hall–Kier alpha value is -1.69. The van der Waals surface area contributed by atoms with E-state index >= 15 is 0 Å². The molecule has 0 spiro atoms. The molecule has 2 heterocycles. The molecule has 1 amide bonds. The van der Waals surface area contributed by atoms with Gasteiger partial charge in [-0.15, -0.1) is 11.3 Å². The molecule has 0 aliphatic heterocycles. The summed E-state index contributed by atoms with van der Waals surface area (Å²) in [5.74, 6) is 0.518. The van der Waals surface area contributed by atoms with Gasteiger partial charge in [0.05, 0.1) is 17.2 Å². The molecule has 0 fully saturated rings. The largest absolute Gasteiger partial charge is 0.305 e. The van der Waals surface area contributed by atoms with Gasteiger partial charge in [0.2, 0.25) is 0 Å². The third kappa shape index (κ3) is 2.59. The van der Waals surface area contributed by atoms with Gasteiger partial charge in [-0.05, 0) is 20.3 Å². The van der Waals surface area contributed by atoms with Gasteiger partial charge in [-0.2, -0.15) is 5.10 Å². The van der Waals surface area contributed by atoms with Crippen molar-refractivity contribution in [3.05, 3.63) is 28.3 Å². The van der Waals surface area contributed by atoms with Crippen molar-refractivity contribution in [1.82, 2.24) is 14.8 Å². The SMILES string of the molecule is CCC(C)n1nccc1NC(=O)c1csc(C)n1. The van der Waals surface area contributed by atoms with Crippen LogP contribution >= 0.6 is 11.3 Å². The number of nitrogens with zero attached hydrogens (tertiary/aromatic N) is 3. The van der Waals surface area contributed by atoms with Gasteiger partial charge >= 0.3 is 0 Å². The molecule has 0 saturated heterocycles. The molecule has 18 heavy (non-hydrogen) atoms. The monoisotopic (exact) mass is 264 g/mol. The van der Waals surface area contributed by atoms with Crippen molar-refractivity contribution in [3.63, 3.8) is 0 Å².